The highest BCUT2D eigenvalue weighted by atomic mass is 16.2. The maximum atomic E-state index is 12.1. The maximum absolute atomic E-state index is 12.1. The van der Waals surface area contributed by atoms with Crippen molar-refractivity contribution in [1.82, 2.24) is 15.1 Å². The molecule has 2 aliphatic rings. The second kappa shape index (κ2) is 7.25. The number of nitrogens with one attached hydrogen (secondary N) is 1. The van der Waals surface area contributed by atoms with E-state index in [-0.39, 0.29) is 5.91 Å². The van der Waals surface area contributed by atoms with Crippen LogP contribution in [0.1, 0.15) is 46.0 Å². The van der Waals surface area contributed by atoms with Crippen LogP contribution in [0.4, 0.5) is 0 Å². The van der Waals surface area contributed by atoms with Crippen LogP contribution in [0, 0.1) is 0 Å². The normalized spacial score (nSPS) is 23.8. The molecule has 1 unspecified atom stereocenters. The monoisotopic (exact) mass is 267 g/mol. The molecule has 19 heavy (non-hydrogen) atoms. The lowest BCUT2D eigenvalue weighted by molar-refractivity contribution is -0.131. The van der Waals surface area contributed by atoms with Crippen molar-refractivity contribution in [2.75, 3.05) is 32.7 Å². The summed E-state index contributed by atoms with van der Waals surface area (Å²) in [7, 11) is 0. The molecule has 0 aromatic carbocycles. The van der Waals surface area contributed by atoms with Crippen molar-refractivity contribution in [1.29, 1.82) is 0 Å². The molecular weight excluding hydrogens is 238 g/mol. The Morgan fingerprint density at radius 2 is 1.84 bits per heavy atom. The van der Waals surface area contributed by atoms with Crippen LogP contribution in [0.3, 0.4) is 0 Å². The molecule has 1 amide bonds. The number of hydrogen-bond acceptors (Lipinski definition) is 3. The first-order chi connectivity index (χ1) is 9.20. The van der Waals surface area contributed by atoms with Gasteiger partial charge in [-0.2, -0.15) is 0 Å². The highest BCUT2D eigenvalue weighted by molar-refractivity contribution is 5.78. The van der Waals surface area contributed by atoms with Crippen LogP contribution in [0.15, 0.2) is 0 Å². The average Bonchev–Trinajstić information content (AvgIpc) is 2.98. The Hall–Kier alpha value is -0.610. The summed E-state index contributed by atoms with van der Waals surface area (Å²) in [6, 6.07) is 1.17. The van der Waals surface area contributed by atoms with Gasteiger partial charge in [-0.3, -0.25) is 4.79 Å². The maximum Gasteiger partial charge on any atom is 0.236 e. The highest BCUT2D eigenvalue weighted by Crippen LogP contribution is 2.20. The summed E-state index contributed by atoms with van der Waals surface area (Å²) in [5, 5.41) is 3.29. The zero-order valence-corrected chi connectivity index (χ0v) is 12.5. The van der Waals surface area contributed by atoms with Crippen LogP contribution >= 0.6 is 0 Å². The molecule has 0 aliphatic carbocycles. The van der Waals surface area contributed by atoms with Gasteiger partial charge in [0, 0.05) is 25.2 Å². The van der Waals surface area contributed by atoms with E-state index < -0.39 is 0 Å². The fourth-order valence-corrected chi connectivity index (χ4v) is 3.10. The number of amides is 1. The topological polar surface area (TPSA) is 35.6 Å². The van der Waals surface area contributed by atoms with E-state index in [4.69, 9.17) is 0 Å². The van der Waals surface area contributed by atoms with Gasteiger partial charge in [0.15, 0.2) is 0 Å². The molecule has 4 nitrogen and oxygen atoms in total. The summed E-state index contributed by atoms with van der Waals surface area (Å²) in [5.74, 6) is 0.278. The minimum Gasteiger partial charge on any atom is -0.341 e. The van der Waals surface area contributed by atoms with Crippen molar-refractivity contribution in [2.45, 2.75) is 58.0 Å². The summed E-state index contributed by atoms with van der Waals surface area (Å²) in [4.78, 5) is 16.8. The zero-order valence-electron chi connectivity index (χ0n) is 12.5. The van der Waals surface area contributed by atoms with Crippen LogP contribution in [0.5, 0.6) is 0 Å². The van der Waals surface area contributed by atoms with Crippen LogP contribution in [-0.2, 0) is 4.79 Å². The van der Waals surface area contributed by atoms with Crippen molar-refractivity contribution in [2.24, 2.45) is 0 Å². The Bertz CT molecular complexity index is 281. The molecule has 0 saturated carbocycles. The van der Waals surface area contributed by atoms with E-state index in [1.165, 1.54) is 25.9 Å². The standard InChI is InChI=1S/C15H29N3O/c1-3-13(2)16-12-15(19)18-10-6-14(7-11-18)17-8-4-5-9-17/h13-14,16H,3-12H2,1-2H3. The Morgan fingerprint density at radius 1 is 1.21 bits per heavy atom. The minimum absolute atomic E-state index is 0.278. The highest BCUT2D eigenvalue weighted by Gasteiger charge is 2.27. The van der Waals surface area contributed by atoms with Gasteiger partial charge in [0.25, 0.3) is 0 Å². The summed E-state index contributed by atoms with van der Waals surface area (Å²) < 4.78 is 0. The molecule has 0 aromatic heterocycles. The predicted molar refractivity (Wildman–Crippen MR) is 78.2 cm³/mol. The molecule has 1 atom stereocenters. The number of piperidine rings is 1. The van der Waals surface area contributed by atoms with Crippen molar-refractivity contribution >= 4 is 5.91 Å². The molecule has 0 spiro atoms. The molecule has 2 heterocycles. The van der Waals surface area contributed by atoms with E-state index in [1.54, 1.807) is 0 Å². The molecule has 0 aromatic rings. The van der Waals surface area contributed by atoms with Gasteiger partial charge >= 0.3 is 0 Å². The van der Waals surface area contributed by atoms with Gasteiger partial charge in [-0.05, 0) is 52.1 Å². The van der Waals surface area contributed by atoms with Crippen LogP contribution < -0.4 is 5.32 Å². The van der Waals surface area contributed by atoms with Gasteiger partial charge in [-0.1, -0.05) is 6.92 Å². The molecule has 2 aliphatic heterocycles. The number of likely N-dealkylation sites (tertiary alicyclic amines) is 2. The lowest BCUT2D eigenvalue weighted by Crippen LogP contribution is -2.48. The molecule has 1 N–H and O–H groups in total. The molecule has 0 radical (unpaired) electrons. The van der Waals surface area contributed by atoms with Crippen molar-refractivity contribution in [3.8, 4) is 0 Å². The lowest BCUT2D eigenvalue weighted by atomic mass is 10.0. The van der Waals surface area contributed by atoms with Crippen LogP contribution in [0.2, 0.25) is 0 Å². The predicted octanol–water partition coefficient (Wildman–Crippen LogP) is 1.46. The van der Waals surface area contributed by atoms with E-state index in [2.05, 4.69) is 24.1 Å². The number of rotatable bonds is 5. The summed E-state index contributed by atoms with van der Waals surface area (Å²) >= 11 is 0. The van der Waals surface area contributed by atoms with Gasteiger partial charge in [-0.25, -0.2) is 0 Å². The first kappa shape index (κ1) is 14.8. The third-order valence-electron chi connectivity index (χ3n) is 4.69. The summed E-state index contributed by atoms with van der Waals surface area (Å²) in [6.07, 6.45) is 6.12. The van der Waals surface area contributed by atoms with E-state index in [1.807, 2.05) is 4.90 Å². The Morgan fingerprint density at radius 3 is 2.42 bits per heavy atom. The Balaban J connectivity index is 1.68. The number of hydrogen-bond donors (Lipinski definition) is 1. The lowest BCUT2D eigenvalue weighted by Gasteiger charge is -2.36. The van der Waals surface area contributed by atoms with Gasteiger partial charge < -0.3 is 15.1 Å². The third kappa shape index (κ3) is 4.18. The van der Waals surface area contributed by atoms with E-state index in [0.717, 1.165) is 38.4 Å². The largest absolute Gasteiger partial charge is 0.341 e. The number of nitrogens with zero attached hydrogens (tertiary/aromatic N) is 2. The van der Waals surface area contributed by atoms with E-state index in [9.17, 15) is 4.79 Å². The second-order valence-electron chi connectivity index (χ2n) is 6.05. The SMILES string of the molecule is CCC(C)NCC(=O)N1CCC(N2CCCC2)CC1. The fourth-order valence-electron chi connectivity index (χ4n) is 3.10. The molecule has 110 valence electrons. The molecular formula is C15H29N3O. The average molecular weight is 267 g/mol. The van der Waals surface area contributed by atoms with Crippen molar-refractivity contribution < 1.29 is 4.79 Å². The minimum atomic E-state index is 0.278. The second-order valence-corrected chi connectivity index (χ2v) is 6.05. The van der Waals surface area contributed by atoms with Gasteiger partial charge in [0.05, 0.1) is 6.54 Å². The molecule has 2 rings (SSSR count). The fraction of sp³-hybridized carbons (Fsp3) is 0.933. The first-order valence-electron chi connectivity index (χ1n) is 7.96. The third-order valence-corrected chi connectivity index (χ3v) is 4.69. The van der Waals surface area contributed by atoms with E-state index >= 15 is 0 Å². The number of carbonyl (C=O) groups is 1. The van der Waals surface area contributed by atoms with Crippen LogP contribution in [-0.4, -0.2) is 60.5 Å². The first-order valence-corrected chi connectivity index (χ1v) is 7.96. The quantitative estimate of drug-likeness (QED) is 0.819. The summed E-state index contributed by atoms with van der Waals surface area (Å²) in [6.45, 7) is 9.21. The van der Waals surface area contributed by atoms with Gasteiger partial charge in [0.2, 0.25) is 5.91 Å². The molecule has 4 heteroatoms. The van der Waals surface area contributed by atoms with Gasteiger partial charge in [-0.15, -0.1) is 0 Å². The smallest absolute Gasteiger partial charge is 0.236 e. The Kier molecular flexibility index (Phi) is 5.64. The van der Waals surface area contributed by atoms with Crippen molar-refractivity contribution in [3.05, 3.63) is 0 Å². The van der Waals surface area contributed by atoms with Crippen molar-refractivity contribution in [3.63, 3.8) is 0 Å². The number of carbonyl (C=O) groups excluding carboxylic acids is 1. The molecule has 0 bridgehead atoms. The summed E-state index contributed by atoms with van der Waals surface area (Å²) in [5.41, 5.74) is 0. The van der Waals surface area contributed by atoms with Crippen LogP contribution in [0.25, 0.3) is 0 Å². The molecule has 2 saturated heterocycles. The van der Waals surface area contributed by atoms with E-state index in [0.29, 0.717) is 12.6 Å². The zero-order chi connectivity index (χ0) is 13.7. The van der Waals surface area contributed by atoms with Gasteiger partial charge in [0.1, 0.15) is 0 Å². The Labute approximate surface area is 117 Å². The molecule has 2 fully saturated rings.